The third-order valence-corrected chi connectivity index (χ3v) is 1.21. The lowest BCUT2D eigenvalue weighted by atomic mass is 10.2. The van der Waals surface area contributed by atoms with E-state index in [2.05, 4.69) is 4.98 Å². The maximum Gasteiger partial charge on any atom is 0.254 e. The number of carbonyl (C=O) groups is 1. The molecule has 0 aliphatic carbocycles. The summed E-state index contributed by atoms with van der Waals surface area (Å²) in [5.41, 5.74) is 10.1. The number of nitrogens with zero attached hydrogens (tertiary/aromatic N) is 1. The summed E-state index contributed by atoms with van der Waals surface area (Å²) in [6.07, 6.45) is 2.40. The van der Waals surface area contributed by atoms with E-state index in [0.29, 0.717) is 0 Å². The molecule has 0 saturated heterocycles. The molecule has 1 aromatic heterocycles. The SMILES string of the molecule is NC(=O)c1cncc(N)c1O. The molecule has 1 amide bonds. The molecule has 5 N–H and O–H groups in total. The van der Waals surface area contributed by atoms with Crippen LogP contribution in [-0.2, 0) is 0 Å². The summed E-state index contributed by atoms with van der Waals surface area (Å²) in [5.74, 6) is -1.06. The first-order valence-corrected chi connectivity index (χ1v) is 2.85. The van der Waals surface area contributed by atoms with Crippen LogP contribution in [0.4, 0.5) is 5.69 Å². The van der Waals surface area contributed by atoms with E-state index in [1.165, 1.54) is 6.20 Å². The molecule has 0 bridgehead atoms. The molecule has 1 aromatic rings. The number of anilines is 1. The molecule has 0 spiro atoms. The van der Waals surface area contributed by atoms with E-state index < -0.39 is 5.91 Å². The highest BCUT2D eigenvalue weighted by Gasteiger charge is 2.09. The van der Waals surface area contributed by atoms with Crippen LogP contribution in [0.25, 0.3) is 0 Å². The predicted molar refractivity (Wildman–Crippen MR) is 38.8 cm³/mol. The number of aromatic nitrogens is 1. The number of nitrogens with two attached hydrogens (primary N) is 2. The lowest BCUT2D eigenvalue weighted by molar-refractivity contribution is 0.0997. The molecule has 5 heteroatoms. The first kappa shape index (κ1) is 7.33. The van der Waals surface area contributed by atoms with Gasteiger partial charge >= 0.3 is 0 Å². The lowest BCUT2D eigenvalue weighted by Gasteiger charge is -2.00. The van der Waals surface area contributed by atoms with E-state index in [9.17, 15) is 4.79 Å². The van der Waals surface area contributed by atoms with Gasteiger partial charge in [-0.3, -0.25) is 9.78 Å². The van der Waals surface area contributed by atoms with Crippen LogP contribution in [0.5, 0.6) is 5.75 Å². The summed E-state index contributed by atoms with van der Waals surface area (Å²) in [7, 11) is 0. The van der Waals surface area contributed by atoms with Crippen molar-refractivity contribution >= 4 is 11.6 Å². The van der Waals surface area contributed by atoms with Crippen molar-refractivity contribution in [3.63, 3.8) is 0 Å². The van der Waals surface area contributed by atoms with Crippen LogP contribution in [0.3, 0.4) is 0 Å². The number of aromatic hydroxyl groups is 1. The largest absolute Gasteiger partial charge is 0.505 e. The van der Waals surface area contributed by atoms with E-state index in [1.807, 2.05) is 0 Å². The van der Waals surface area contributed by atoms with Crippen LogP contribution in [0, 0.1) is 0 Å². The lowest BCUT2D eigenvalue weighted by Crippen LogP contribution is -2.12. The third-order valence-electron chi connectivity index (χ3n) is 1.21. The van der Waals surface area contributed by atoms with Crippen LogP contribution >= 0.6 is 0 Å². The van der Waals surface area contributed by atoms with Gasteiger partial charge in [-0.2, -0.15) is 0 Å². The zero-order chi connectivity index (χ0) is 8.43. The molecule has 0 fully saturated rings. The van der Waals surface area contributed by atoms with E-state index >= 15 is 0 Å². The summed E-state index contributed by atoms with van der Waals surface area (Å²) in [4.78, 5) is 14.1. The molecule has 58 valence electrons. The maximum absolute atomic E-state index is 10.5. The van der Waals surface area contributed by atoms with E-state index in [1.54, 1.807) is 0 Å². The van der Waals surface area contributed by atoms with Gasteiger partial charge < -0.3 is 16.6 Å². The molecular weight excluding hydrogens is 146 g/mol. The van der Waals surface area contributed by atoms with Crippen molar-refractivity contribution in [2.45, 2.75) is 0 Å². The molecule has 0 radical (unpaired) electrons. The number of hydrogen-bond acceptors (Lipinski definition) is 4. The molecule has 0 aromatic carbocycles. The predicted octanol–water partition coefficient (Wildman–Crippen LogP) is -0.532. The maximum atomic E-state index is 10.5. The van der Waals surface area contributed by atoms with E-state index in [-0.39, 0.29) is 17.0 Å². The summed E-state index contributed by atoms with van der Waals surface area (Å²) >= 11 is 0. The van der Waals surface area contributed by atoms with Gasteiger partial charge in [0, 0.05) is 6.20 Å². The quantitative estimate of drug-likeness (QED) is 0.504. The van der Waals surface area contributed by atoms with Gasteiger partial charge in [0.1, 0.15) is 5.56 Å². The fraction of sp³-hybridized carbons (Fsp3) is 0. The Bertz CT molecular complexity index is 298. The van der Waals surface area contributed by atoms with E-state index in [0.717, 1.165) is 6.20 Å². The zero-order valence-corrected chi connectivity index (χ0v) is 5.61. The Morgan fingerprint density at radius 1 is 1.55 bits per heavy atom. The number of amides is 1. The van der Waals surface area contributed by atoms with Gasteiger partial charge in [-0.1, -0.05) is 0 Å². The molecule has 1 rings (SSSR count). The fourth-order valence-corrected chi connectivity index (χ4v) is 0.650. The average Bonchev–Trinajstić information content (AvgIpc) is 1.94. The number of hydrogen-bond donors (Lipinski definition) is 3. The minimum atomic E-state index is -0.748. The molecule has 0 aliphatic rings. The Morgan fingerprint density at radius 2 is 2.18 bits per heavy atom. The Morgan fingerprint density at radius 3 is 2.64 bits per heavy atom. The Kier molecular flexibility index (Phi) is 1.63. The Labute approximate surface area is 62.7 Å². The number of rotatable bonds is 1. The second-order valence-corrected chi connectivity index (χ2v) is 1.99. The first-order valence-electron chi connectivity index (χ1n) is 2.85. The van der Waals surface area contributed by atoms with Gasteiger partial charge in [-0.15, -0.1) is 0 Å². The second kappa shape index (κ2) is 2.45. The van der Waals surface area contributed by atoms with Crippen molar-refractivity contribution in [1.82, 2.24) is 4.98 Å². The zero-order valence-electron chi connectivity index (χ0n) is 5.61. The monoisotopic (exact) mass is 153 g/mol. The molecule has 0 unspecified atom stereocenters. The topological polar surface area (TPSA) is 102 Å². The highest BCUT2D eigenvalue weighted by atomic mass is 16.3. The van der Waals surface area contributed by atoms with Gasteiger partial charge in [0.05, 0.1) is 11.9 Å². The summed E-state index contributed by atoms with van der Waals surface area (Å²) in [6, 6.07) is 0. The minimum Gasteiger partial charge on any atom is -0.505 e. The number of nitrogen functional groups attached to an aromatic ring is 1. The average molecular weight is 153 g/mol. The highest BCUT2D eigenvalue weighted by molar-refractivity contribution is 5.96. The van der Waals surface area contributed by atoms with Crippen molar-refractivity contribution in [2.24, 2.45) is 5.73 Å². The van der Waals surface area contributed by atoms with Gasteiger partial charge in [0.15, 0.2) is 5.75 Å². The molecule has 0 aliphatic heterocycles. The molecular formula is C6H7N3O2. The number of pyridine rings is 1. The molecule has 0 atom stereocenters. The Balaban J connectivity index is 3.27. The standard InChI is InChI=1S/C6H7N3O2/c7-4-2-9-1-3(5(4)10)6(8)11/h1-2H,7H2,(H2,8,11)(H,9,10). The van der Waals surface area contributed by atoms with Crippen molar-refractivity contribution in [2.75, 3.05) is 5.73 Å². The van der Waals surface area contributed by atoms with Crippen molar-refractivity contribution < 1.29 is 9.90 Å². The van der Waals surface area contributed by atoms with Gasteiger partial charge in [0.25, 0.3) is 5.91 Å². The molecule has 0 saturated carbocycles. The van der Waals surface area contributed by atoms with E-state index in [4.69, 9.17) is 16.6 Å². The smallest absolute Gasteiger partial charge is 0.254 e. The van der Waals surface area contributed by atoms with Crippen LogP contribution in [0.2, 0.25) is 0 Å². The second-order valence-electron chi connectivity index (χ2n) is 1.99. The third kappa shape index (κ3) is 1.21. The normalized spacial score (nSPS) is 9.45. The summed E-state index contributed by atoms with van der Waals surface area (Å²) in [5, 5.41) is 9.10. The van der Waals surface area contributed by atoms with Crippen LogP contribution in [0.15, 0.2) is 12.4 Å². The minimum absolute atomic E-state index is 0.0429. The van der Waals surface area contributed by atoms with Gasteiger partial charge in [-0.05, 0) is 0 Å². The summed E-state index contributed by atoms with van der Waals surface area (Å²) < 4.78 is 0. The molecule has 5 nitrogen and oxygen atoms in total. The van der Waals surface area contributed by atoms with Crippen molar-refractivity contribution in [3.05, 3.63) is 18.0 Å². The van der Waals surface area contributed by atoms with Crippen LogP contribution in [0.1, 0.15) is 10.4 Å². The van der Waals surface area contributed by atoms with Gasteiger partial charge in [-0.25, -0.2) is 0 Å². The van der Waals surface area contributed by atoms with Crippen molar-refractivity contribution in [1.29, 1.82) is 0 Å². The summed E-state index contributed by atoms with van der Waals surface area (Å²) in [6.45, 7) is 0. The number of carbonyl (C=O) groups excluding carboxylic acids is 1. The van der Waals surface area contributed by atoms with Crippen LogP contribution < -0.4 is 11.5 Å². The first-order chi connectivity index (χ1) is 5.13. The Hall–Kier alpha value is -1.78. The van der Waals surface area contributed by atoms with Crippen LogP contribution in [-0.4, -0.2) is 16.0 Å². The number of primary amides is 1. The highest BCUT2D eigenvalue weighted by Crippen LogP contribution is 2.21. The fourth-order valence-electron chi connectivity index (χ4n) is 0.650. The molecule has 1 heterocycles. The molecule has 11 heavy (non-hydrogen) atoms. The van der Waals surface area contributed by atoms with Crippen molar-refractivity contribution in [3.8, 4) is 5.75 Å². The van der Waals surface area contributed by atoms with Gasteiger partial charge in [0.2, 0.25) is 0 Å².